The smallest absolute Gasteiger partial charge is 0.257 e. The molecule has 0 spiro atoms. The van der Waals surface area contributed by atoms with Gasteiger partial charge in [0.25, 0.3) is 11.5 Å². The van der Waals surface area contributed by atoms with Gasteiger partial charge in [-0.2, -0.15) is 0 Å². The van der Waals surface area contributed by atoms with Crippen LogP contribution in [-0.2, 0) is 7.05 Å². The molecule has 1 heterocycles. The van der Waals surface area contributed by atoms with Gasteiger partial charge in [0.2, 0.25) is 0 Å². The van der Waals surface area contributed by atoms with E-state index >= 15 is 0 Å². The van der Waals surface area contributed by atoms with Crippen LogP contribution < -0.4 is 16.0 Å². The SMILES string of the molecule is Cc1c(Cl)cccc1NC(=O)c1c([O-])n(C)c(=O)c2ccccc12. The predicted octanol–water partition coefficient (Wildman–Crippen LogP) is 2.83. The lowest BCUT2D eigenvalue weighted by molar-refractivity contribution is -0.279. The van der Waals surface area contributed by atoms with Crippen LogP contribution in [0.15, 0.2) is 47.3 Å². The second kappa shape index (κ2) is 6.02. The first-order valence-electron chi connectivity index (χ1n) is 7.27. The molecule has 0 aliphatic carbocycles. The van der Waals surface area contributed by atoms with Gasteiger partial charge in [0, 0.05) is 28.5 Å². The molecule has 0 atom stereocenters. The quantitative estimate of drug-likeness (QED) is 0.778. The highest BCUT2D eigenvalue weighted by Crippen LogP contribution is 2.26. The number of benzene rings is 2. The summed E-state index contributed by atoms with van der Waals surface area (Å²) in [6, 6.07) is 11.7. The molecule has 0 saturated heterocycles. The third-order valence-corrected chi connectivity index (χ3v) is 4.40. The standard InChI is InChI=1S/C18H15ClN2O3/c1-10-13(19)8-5-9-14(10)20-16(22)15-11-6-3-4-7-12(11)17(23)21(2)18(15)24/h3-9,24H,1-2H3,(H,20,22)/p-1. The Morgan fingerprint density at radius 1 is 1.12 bits per heavy atom. The van der Waals surface area contributed by atoms with E-state index in [-0.39, 0.29) is 5.56 Å². The number of nitrogens with one attached hydrogen (secondary N) is 1. The number of nitrogens with zero attached hydrogens (tertiary/aromatic N) is 1. The molecule has 122 valence electrons. The lowest BCUT2D eigenvalue weighted by Gasteiger charge is -2.20. The van der Waals surface area contributed by atoms with E-state index in [4.69, 9.17) is 11.6 Å². The van der Waals surface area contributed by atoms with Crippen molar-refractivity contribution in [2.45, 2.75) is 6.92 Å². The maximum Gasteiger partial charge on any atom is 0.257 e. The summed E-state index contributed by atoms with van der Waals surface area (Å²) in [6.07, 6.45) is 0. The number of amides is 1. The van der Waals surface area contributed by atoms with Gasteiger partial charge >= 0.3 is 0 Å². The highest BCUT2D eigenvalue weighted by Gasteiger charge is 2.16. The van der Waals surface area contributed by atoms with Gasteiger partial charge in [0.15, 0.2) is 0 Å². The van der Waals surface area contributed by atoms with Gasteiger partial charge < -0.3 is 15.0 Å². The molecule has 0 radical (unpaired) electrons. The Morgan fingerprint density at radius 3 is 2.50 bits per heavy atom. The van der Waals surface area contributed by atoms with Crippen molar-refractivity contribution < 1.29 is 9.90 Å². The van der Waals surface area contributed by atoms with Crippen LogP contribution in [-0.4, -0.2) is 10.5 Å². The second-order valence-electron chi connectivity index (χ2n) is 5.46. The van der Waals surface area contributed by atoms with Crippen molar-refractivity contribution in [3.63, 3.8) is 0 Å². The highest BCUT2D eigenvalue weighted by molar-refractivity contribution is 6.31. The van der Waals surface area contributed by atoms with E-state index in [9.17, 15) is 14.7 Å². The largest absolute Gasteiger partial charge is 0.859 e. The molecule has 0 aliphatic heterocycles. The number of carbonyl (C=O) groups excluding carboxylic acids is 1. The molecule has 3 aromatic rings. The average molecular weight is 342 g/mol. The number of carbonyl (C=O) groups is 1. The Bertz CT molecular complexity index is 1020. The van der Waals surface area contributed by atoms with E-state index in [1.165, 1.54) is 7.05 Å². The first-order valence-corrected chi connectivity index (χ1v) is 7.65. The summed E-state index contributed by atoms with van der Waals surface area (Å²) >= 11 is 6.06. The number of fused-ring (bicyclic) bond motifs is 1. The zero-order valence-corrected chi connectivity index (χ0v) is 13.8. The zero-order chi connectivity index (χ0) is 17.4. The van der Waals surface area contributed by atoms with Gasteiger partial charge in [-0.25, -0.2) is 0 Å². The normalized spacial score (nSPS) is 10.8. The molecule has 1 N–H and O–H groups in total. The van der Waals surface area contributed by atoms with Crippen LogP contribution in [0.3, 0.4) is 0 Å². The molecule has 6 heteroatoms. The molecular formula is C18H14ClN2O3-. The molecule has 0 aliphatic rings. The van der Waals surface area contributed by atoms with Crippen molar-refractivity contribution in [1.82, 2.24) is 4.57 Å². The van der Waals surface area contributed by atoms with E-state index in [1.807, 2.05) is 0 Å². The van der Waals surface area contributed by atoms with E-state index in [1.54, 1.807) is 49.4 Å². The molecule has 5 nitrogen and oxygen atoms in total. The summed E-state index contributed by atoms with van der Waals surface area (Å²) in [5, 5.41) is 16.3. The molecule has 1 aromatic heterocycles. The lowest BCUT2D eigenvalue weighted by Crippen LogP contribution is -2.26. The van der Waals surface area contributed by atoms with Gasteiger partial charge in [-0.3, -0.25) is 9.59 Å². The van der Waals surface area contributed by atoms with Gasteiger partial charge in [0.05, 0.1) is 5.56 Å². The minimum atomic E-state index is -0.629. The number of rotatable bonds is 2. The minimum absolute atomic E-state index is 0.0629. The average Bonchev–Trinajstić information content (AvgIpc) is 2.57. The number of aromatic nitrogens is 1. The molecule has 2 aromatic carbocycles. The van der Waals surface area contributed by atoms with Gasteiger partial charge in [-0.15, -0.1) is 0 Å². The van der Waals surface area contributed by atoms with Gasteiger partial charge in [-0.05, 0) is 36.6 Å². The number of hydrogen-bond donors (Lipinski definition) is 1. The van der Waals surface area contributed by atoms with Crippen LogP contribution in [0, 0.1) is 6.92 Å². The van der Waals surface area contributed by atoms with Crippen molar-refractivity contribution >= 4 is 34.0 Å². The van der Waals surface area contributed by atoms with Crippen molar-refractivity contribution in [2.75, 3.05) is 5.32 Å². The van der Waals surface area contributed by atoms with Crippen LogP contribution in [0.25, 0.3) is 10.8 Å². The summed E-state index contributed by atoms with van der Waals surface area (Å²) in [5.41, 5.74) is 0.733. The summed E-state index contributed by atoms with van der Waals surface area (Å²) in [5.74, 6) is -1.20. The molecule has 0 unspecified atom stereocenters. The maximum absolute atomic E-state index is 12.7. The van der Waals surface area contributed by atoms with Crippen LogP contribution >= 0.6 is 11.6 Å². The Hall–Kier alpha value is -2.79. The van der Waals surface area contributed by atoms with Crippen LogP contribution in [0.2, 0.25) is 5.02 Å². The van der Waals surface area contributed by atoms with E-state index in [0.29, 0.717) is 27.0 Å². The number of pyridine rings is 1. The highest BCUT2D eigenvalue weighted by atomic mass is 35.5. The number of halogens is 1. The molecule has 1 amide bonds. The van der Waals surface area contributed by atoms with Crippen molar-refractivity contribution in [2.24, 2.45) is 7.05 Å². The number of anilines is 1. The van der Waals surface area contributed by atoms with E-state index < -0.39 is 17.3 Å². The fourth-order valence-electron chi connectivity index (χ4n) is 2.59. The third kappa shape index (κ3) is 2.53. The van der Waals surface area contributed by atoms with Crippen molar-refractivity contribution in [1.29, 1.82) is 0 Å². The molecule has 24 heavy (non-hydrogen) atoms. The summed E-state index contributed by atoms with van der Waals surface area (Å²) < 4.78 is 0.947. The van der Waals surface area contributed by atoms with Crippen LogP contribution in [0.4, 0.5) is 5.69 Å². The predicted molar refractivity (Wildman–Crippen MR) is 92.8 cm³/mol. The lowest BCUT2D eigenvalue weighted by atomic mass is 10.1. The first-order chi connectivity index (χ1) is 11.4. The topological polar surface area (TPSA) is 74.2 Å². The van der Waals surface area contributed by atoms with E-state index in [0.717, 1.165) is 4.57 Å². The van der Waals surface area contributed by atoms with Crippen LogP contribution in [0.5, 0.6) is 5.88 Å². The Labute approximate surface area is 143 Å². The second-order valence-corrected chi connectivity index (χ2v) is 5.86. The van der Waals surface area contributed by atoms with Crippen LogP contribution in [0.1, 0.15) is 15.9 Å². The molecule has 0 fully saturated rings. The number of hydrogen-bond acceptors (Lipinski definition) is 3. The molecule has 0 bridgehead atoms. The fourth-order valence-corrected chi connectivity index (χ4v) is 2.77. The minimum Gasteiger partial charge on any atom is -0.859 e. The maximum atomic E-state index is 12.7. The van der Waals surface area contributed by atoms with Crippen molar-refractivity contribution in [3.05, 3.63) is 69.0 Å². The Balaban J connectivity index is 2.17. The fraction of sp³-hybridized carbons (Fsp3) is 0.111. The summed E-state index contributed by atoms with van der Waals surface area (Å²) in [4.78, 5) is 24.9. The molecule has 0 saturated carbocycles. The zero-order valence-electron chi connectivity index (χ0n) is 13.1. The van der Waals surface area contributed by atoms with Gasteiger partial charge in [0.1, 0.15) is 0 Å². The third-order valence-electron chi connectivity index (χ3n) is 3.99. The Morgan fingerprint density at radius 2 is 1.79 bits per heavy atom. The van der Waals surface area contributed by atoms with E-state index in [2.05, 4.69) is 5.32 Å². The molecular weight excluding hydrogens is 328 g/mol. The monoisotopic (exact) mass is 341 g/mol. The van der Waals surface area contributed by atoms with Gasteiger partial charge in [-0.1, -0.05) is 35.9 Å². The molecule has 3 rings (SSSR count). The summed E-state index contributed by atoms with van der Waals surface area (Å²) in [6.45, 7) is 1.77. The van der Waals surface area contributed by atoms with Crippen molar-refractivity contribution in [3.8, 4) is 5.88 Å². The Kier molecular flexibility index (Phi) is 4.03. The first kappa shape index (κ1) is 16.1. The summed E-state index contributed by atoms with van der Waals surface area (Å²) in [7, 11) is 1.36.